The van der Waals surface area contributed by atoms with Crippen LogP contribution in [0.3, 0.4) is 0 Å². The first-order chi connectivity index (χ1) is 6.97. The van der Waals surface area contributed by atoms with Crippen LogP contribution in [0, 0.1) is 11.3 Å². The van der Waals surface area contributed by atoms with Gasteiger partial charge in [0.2, 0.25) is 0 Å². The minimum Gasteiger partial charge on any atom is -0.390 e. The van der Waals surface area contributed by atoms with Gasteiger partial charge in [0.15, 0.2) is 0 Å². The predicted octanol–water partition coefficient (Wildman–Crippen LogP) is 2.69. The van der Waals surface area contributed by atoms with Crippen LogP contribution in [0.25, 0.3) is 0 Å². The summed E-state index contributed by atoms with van der Waals surface area (Å²) in [5.41, 5.74) is 5.35. The fraction of sp³-hybridized carbons (Fsp3) is 1.00. The lowest BCUT2D eigenvalue weighted by Gasteiger charge is -2.49. The molecule has 0 aromatic rings. The summed E-state index contributed by atoms with van der Waals surface area (Å²) in [4.78, 5) is 0. The van der Waals surface area contributed by atoms with Crippen molar-refractivity contribution in [1.29, 1.82) is 0 Å². The zero-order chi connectivity index (χ0) is 11.5. The molecule has 0 aromatic carbocycles. The van der Waals surface area contributed by atoms with E-state index in [0.29, 0.717) is 12.5 Å². The van der Waals surface area contributed by atoms with Crippen molar-refractivity contribution in [3.63, 3.8) is 0 Å². The predicted molar refractivity (Wildman–Crippen MR) is 64.7 cm³/mol. The Morgan fingerprint density at radius 1 is 1.53 bits per heavy atom. The smallest absolute Gasteiger partial charge is 0.0687 e. The van der Waals surface area contributed by atoms with Crippen LogP contribution >= 0.6 is 0 Å². The largest absolute Gasteiger partial charge is 0.390 e. The first-order valence-corrected chi connectivity index (χ1v) is 6.40. The van der Waals surface area contributed by atoms with E-state index in [-0.39, 0.29) is 5.41 Å². The van der Waals surface area contributed by atoms with Crippen LogP contribution in [-0.4, -0.2) is 17.3 Å². The van der Waals surface area contributed by atoms with E-state index in [2.05, 4.69) is 13.8 Å². The molecule has 0 saturated heterocycles. The Morgan fingerprint density at radius 3 is 2.67 bits per heavy atom. The molecule has 0 amide bonds. The van der Waals surface area contributed by atoms with Gasteiger partial charge in [0.05, 0.1) is 5.60 Å². The van der Waals surface area contributed by atoms with E-state index in [4.69, 9.17) is 5.73 Å². The summed E-state index contributed by atoms with van der Waals surface area (Å²) in [5, 5.41) is 10.6. The Bertz CT molecular complexity index is 203. The first kappa shape index (κ1) is 13.0. The second kappa shape index (κ2) is 4.84. The van der Waals surface area contributed by atoms with Gasteiger partial charge in [-0.3, -0.25) is 0 Å². The second-order valence-electron chi connectivity index (χ2n) is 5.71. The third-order valence-corrected chi connectivity index (χ3v) is 4.36. The standard InChI is InChI=1S/C13H27NO/c1-4-7-12(3,15)13(10-14)8-5-6-11(2)9-13/h11,15H,4-10,14H2,1-3H3. The number of rotatable bonds is 4. The van der Waals surface area contributed by atoms with Gasteiger partial charge in [-0.15, -0.1) is 0 Å². The molecule has 0 aliphatic heterocycles. The number of aliphatic hydroxyl groups is 1. The zero-order valence-electron chi connectivity index (χ0n) is 10.6. The summed E-state index contributed by atoms with van der Waals surface area (Å²) in [6, 6.07) is 0. The summed E-state index contributed by atoms with van der Waals surface area (Å²) < 4.78 is 0. The van der Waals surface area contributed by atoms with E-state index < -0.39 is 5.60 Å². The molecule has 1 rings (SSSR count). The van der Waals surface area contributed by atoms with E-state index in [1.54, 1.807) is 0 Å². The lowest BCUT2D eigenvalue weighted by molar-refractivity contribution is -0.0996. The monoisotopic (exact) mass is 213 g/mol. The molecule has 3 N–H and O–H groups in total. The summed E-state index contributed by atoms with van der Waals surface area (Å²) in [6.45, 7) is 7.03. The van der Waals surface area contributed by atoms with Crippen LogP contribution in [0.5, 0.6) is 0 Å². The minimum absolute atomic E-state index is 0.0271. The van der Waals surface area contributed by atoms with Crippen molar-refractivity contribution in [2.24, 2.45) is 17.1 Å². The first-order valence-electron chi connectivity index (χ1n) is 6.40. The van der Waals surface area contributed by atoms with Crippen molar-refractivity contribution in [2.75, 3.05) is 6.54 Å². The van der Waals surface area contributed by atoms with Gasteiger partial charge < -0.3 is 10.8 Å². The summed E-state index contributed by atoms with van der Waals surface area (Å²) >= 11 is 0. The topological polar surface area (TPSA) is 46.2 Å². The van der Waals surface area contributed by atoms with Crippen molar-refractivity contribution >= 4 is 0 Å². The van der Waals surface area contributed by atoms with E-state index in [9.17, 15) is 5.11 Å². The van der Waals surface area contributed by atoms with E-state index in [1.807, 2.05) is 6.92 Å². The van der Waals surface area contributed by atoms with E-state index in [1.165, 1.54) is 12.8 Å². The Labute approximate surface area is 94.2 Å². The van der Waals surface area contributed by atoms with Crippen molar-refractivity contribution < 1.29 is 5.11 Å². The Kier molecular flexibility index (Phi) is 4.19. The SMILES string of the molecule is CCCC(C)(O)C1(CN)CCCC(C)C1. The number of hydrogen-bond acceptors (Lipinski definition) is 2. The van der Waals surface area contributed by atoms with Crippen LogP contribution in [0.2, 0.25) is 0 Å². The lowest BCUT2D eigenvalue weighted by atomic mass is 9.60. The third kappa shape index (κ3) is 2.54. The van der Waals surface area contributed by atoms with Crippen molar-refractivity contribution in [3.05, 3.63) is 0 Å². The summed E-state index contributed by atoms with van der Waals surface area (Å²) in [5.74, 6) is 0.714. The average Bonchev–Trinajstić information content (AvgIpc) is 2.17. The van der Waals surface area contributed by atoms with Crippen molar-refractivity contribution in [2.45, 2.75) is 64.9 Å². The highest BCUT2D eigenvalue weighted by Gasteiger charge is 2.47. The van der Waals surface area contributed by atoms with Crippen molar-refractivity contribution in [3.8, 4) is 0 Å². The van der Waals surface area contributed by atoms with Crippen molar-refractivity contribution in [1.82, 2.24) is 0 Å². The fourth-order valence-corrected chi connectivity index (χ4v) is 3.31. The van der Waals surface area contributed by atoms with Gasteiger partial charge in [-0.1, -0.05) is 33.1 Å². The molecule has 0 bridgehead atoms. The molecule has 1 aliphatic carbocycles. The highest BCUT2D eigenvalue weighted by Crippen LogP contribution is 2.47. The Morgan fingerprint density at radius 2 is 2.20 bits per heavy atom. The van der Waals surface area contributed by atoms with E-state index in [0.717, 1.165) is 25.7 Å². The molecule has 90 valence electrons. The maximum Gasteiger partial charge on any atom is 0.0687 e. The molecule has 1 aliphatic rings. The molecule has 2 heteroatoms. The van der Waals surface area contributed by atoms with Crippen LogP contribution in [-0.2, 0) is 0 Å². The molecule has 1 saturated carbocycles. The molecule has 0 aromatic heterocycles. The summed E-state index contributed by atoms with van der Waals surface area (Å²) in [6.07, 6.45) is 6.61. The van der Waals surface area contributed by atoms with Gasteiger partial charge in [-0.2, -0.15) is 0 Å². The maximum absolute atomic E-state index is 10.6. The molecular formula is C13H27NO. The average molecular weight is 213 g/mol. The lowest BCUT2D eigenvalue weighted by Crippen LogP contribution is -2.52. The molecule has 15 heavy (non-hydrogen) atoms. The highest BCUT2D eigenvalue weighted by molar-refractivity contribution is 4.99. The zero-order valence-corrected chi connectivity index (χ0v) is 10.6. The molecule has 2 nitrogen and oxygen atoms in total. The van der Waals surface area contributed by atoms with Gasteiger partial charge in [-0.25, -0.2) is 0 Å². The van der Waals surface area contributed by atoms with Crippen LogP contribution < -0.4 is 5.73 Å². The molecular weight excluding hydrogens is 186 g/mol. The molecule has 0 spiro atoms. The summed E-state index contributed by atoms with van der Waals surface area (Å²) in [7, 11) is 0. The van der Waals surface area contributed by atoms with Gasteiger partial charge >= 0.3 is 0 Å². The minimum atomic E-state index is -0.578. The van der Waals surface area contributed by atoms with Crippen LogP contribution in [0.4, 0.5) is 0 Å². The van der Waals surface area contributed by atoms with Gasteiger partial charge in [0, 0.05) is 12.0 Å². The fourth-order valence-electron chi connectivity index (χ4n) is 3.31. The molecule has 1 fully saturated rings. The highest BCUT2D eigenvalue weighted by atomic mass is 16.3. The van der Waals surface area contributed by atoms with Crippen LogP contribution in [0.15, 0.2) is 0 Å². The Hall–Kier alpha value is -0.0800. The van der Waals surface area contributed by atoms with Crippen LogP contribution in [0.1, 0.15) is 59.3 Å². The molecule has 3 atom stereocenters. The van der Waals surface area contributed by atoms with Gasteiger partial charge in [-0.05, 0) is 32.1 Å². The maximum atomic E-state index is 10.6. The Balaban J connectivity index is 2.82. The molecule has 0 heterocycles. The second-order valence-corrected chi connectivity index (χ2v) is 5.71. The van der Waals surface area contributed by atoms with Gasteiger partial charge in [0.1, 0.15) is 0 Å². The number of hydrogen-bond donors (Lipinski definition) is 2. The number of nitrogens with two attached hydrogens (primary N) is 1. The third-order valence-electron chi connectivity index (χ3n) is 4.36. The quantitative estimate of drug-likeness (QED) is 0.754. The normalized spacial score (nSPS) is 36.2. The van der Waals surface area contributed by atoms with Gasteiger partial charge in [0.25, 0.3) is 0 Å². The molecule has 3 unspecified atom stereocenters. The van der Waals surface area contributed by atoms with E-state index >= 15 is 0 Å². The molecule has 0 radical (unpaired) electrons.